The first kappa shape index (κ1) is 16.6. The van der Waals surface area contributed by atoms with Crippen molar-refractivity contribution in [3.8, 4) is 5.75 Å². The Hall–Kier alpha value is -3.23. The summed E-state index contributed by atoms with van der Waals surface area (Å²) in [6, 6.07) is 7.47. The highest BCUT2D eigenvalue weighted by atomic mass is 19.1. The number of benzene rings is 1. The normalized spacial score (nSPS) is 10.7. The van der Waals surface area contributed by atoms with Crippen molar-refractivity contribution < 1.29 is 13.9 Å². The van der Waals surface area contributed by atoms with Gasteiger partial charge in [0.05, 0.1) is 11.9 Å². The number of carbonyl (C=O) groups excluding carboxylic acids is 1. The molecule has 2 aromatic heterocycles. The van der Waals surface area contributed by atoms with Gasteiger partial charge in [0, 0.05) is 13.1 Å². The third-order valence-electron chi connectivity index (χ3n) is 3.36. The highest BCUT2D eigenvalue weighted by Gasteiger charge is 2.10. The number of aryl methyl sites for hydroxylation is 2. The number of amides is 1. The predicted octanol–water partition coefficient (Wildman–Crippen LogP) is 1.68. The molecular formula is C16H17FN6O2. The lowest BCUT2D eigenvalue weighted by molar-refractivity contribution is -0.117. The van der Waals surface area contributed by atoms with Crippen LogP contribution < -0.4 is 10.1 Å². The average molecular weight is 344 g/mol. The number of aromatic nitrogens is 5. The lowest BCUT2D eigenvalue weighted by atomic mass is 10.3. The van der Waals surface area contributed by atoms with Crippen molar-refractivity contribution >= 4 is 11.7 Å². The first-order valence-electron chi connectivity index (χ1n) is 7.57. The molecule has 1 amide bonds. The molecule has 1 aromatic carbocycles. The Balaban J connectivity index is 1.53. The third kappa shape index (κ3) is 4.40. The van der Waals surface area contributed by atoms with E-state index in [0.717, 1.165) is 5.69 Å². The summed E-state index contributed by atoms with van der Waals surface area (Å²) in [5.74, 6) is 0.578. The molecule has 0 aliphatic carbocycles. The van der Waals surface area contributed by atoms with E-state index in [4.69, 9.17) is 4.74 Å². The minimum absolute atomic E-state index is 0.0216. The highest BCUT2D eigenvalue weighted by molar-refractivity contribution is 5.89. The Morgan fingerprint density at radius 1 is 1.32 bits per heavy atom. The van der Waals surface area contributed by atoms with Crippen molar-refractivity contribution in [2.75, 3.05) is 5.32 Å². The summed E-state index contributed by atoms with van der Waals surface area (Å²) in [6.45, 7) is 2.04. The summed E-state index contributed by atoms with van der Waals surface area (Å²) in [5, 5.41) is 14.8. The van der Waals surface area contributed by atoms with Gasteiger partial charge in [-0.25, -0.2) is 9.07 Å². The van der Waals surface area contributed by atoms with Gasteiger partial charge in [0.25, 0.3) is 0 Å². The maximum atomic E-state index is 12.8. The highest BCUT2D eigenvalue weighted by Crippen LogP contribution is 2.12. The largest absolute Gasteiger partial charge is 0.487 e. The topological polar surface area (TPSA) is 86.9 Å². The summed E-state index contributed by atoms with van der Waals surface area (Å²) in [7, 11) is 1.75. The van der Waals surface area contributed by atoms with Crippen LogP contribution in [0, 0.1) is 12.7 Å². The minimum atomic E-state index is -0.326. The monoisotopic (exact) mass is 344 g/mol. The Morgan fingerprint density at radius 3 is 2.76 bits per heavy atom. The zero-order chi connectivity index (χ0) is 17.8. The van der Waals surface area contributed by atoms with Gasteiger partial charge >= 0.3 is 0 Å². The molecule has 8 nitrogen and oxygen atoms in total. The van der Waals surface area contributed by atoms with Gasteiger partial charge < -0.3 is 10.1 Å². The molecule has 0 aliphatic heterocycles. The summed E-state index contributed by atoms with van der Waals surface area (Å²) < 4.78 is 21.3. The van der Waals surface area contributed by atoms with Crippen LogP contribution in [-0.4, -0.2) is 30.7 Å². The molecule has 3 rings (SSSR count). The molecule has 2 heterocycles. The second kappa shape index (κ2) is 7.12. The Bertz CT molecular complexity index is 871. The molecule has 0 atom stereocenters. The van der Waals surface area contributed by atoms with E-state index in [1.807, 2.05) is 6.92 Å². The minimum Gasteiger partial charge on any atom is -0.487 e. The summed E-state index contributed by atoms with van der Waals surface area (Å²) in [4.78, 5) is 12.1. The van der Waals surface area contributed by atoms with Crippen LogP contribution in [0.25, 0.3) is 0 Å². The van der Waals surface area contributed by atoms with Gasteiger partial charge in [-0.15, -0.1) is 5.10 Å². The summed E-state index contributed by atoms with van der Waals surface area (Å²) in [5.41, 5.74) is 1.38. The first-order chi connectivity index (χ1) is 12.0. The fourth-order valence-corrected chi connectivity index (χ4v) is 2.23. The van der Waals surface area contributed by atoms with E-state index in [1.165, 1.54) is 28.9 Å². The van der Waals surface area contributed by atoms with Crippen molar-refractivity contribution in [2.24, 2.45) is 7.05 Å². The van der Waals surface area contributed by atoms with Crippen molar-refractivity contribution in [1.82, 2.24) is 24.8 Å². The molecule has 1 N–H and O–H groups in total. The smallest absolute Gasteiger partial charge is 0.247 e. The van der Waals surface area contributed by atoms with E-state index in [-0.39, 0.29) is 24.9 Å². The molecule has 0 unspecified atom stereocenters. The van der Waals surface area contributed by atoms with Crippen LogP contribution in [0.3, 0.4) is 0 Å². The summed E-state index contributed by atoms with van der Waals surface area (Å²) in [6.07, 6.45) is 1.62. The van der Waals surface area contributed by atoms with Crippen molar-refractivity contribution in [1.29, 1.82) is 0 Å². The number of halogens is 1. The van der Waals surface area contributed by atoms with Crippen molar-refractivity contribution in [3.63, 3.8) is 0 Å². The van der Waals surface area contributed by atoms with E-state index in [0.29, 0.717) is 17.3 Å². The Labute approximate surface area is 143 Å². The van der Waals surface area contributed by atoms with Crippen molar-refractivity contribution in [2.45, 2.75) is 20.1 Å². The predicted molar refractivity (Wildman–Crippen MR) is 87.3 cm³/mol. The molecule has 0 saturated carbocycles. The first-order valence-corrected chi connectivity index (χ1v) is 7.57. The Kier molecular flexibility index (Phi) is 4.73. The van der Waals surface area contributed by atoms with Gasteiger partial charge in [-0.3, -0.25) is 9.48 Å². The van der Waals surface area contributed by atoms with Crippen LogP contribution in [0.5, 0.6) is 5.75 Å². The van der Waals surface area contributed by atoms with Crippen LogP contribution in [0.1, 0.15) is 11.4 Å². The molecule has 0 saturated heterocycles. The van der Waals surface area contributed by atoms with Crippen LogP contribution in [0.4, 0.5) is 10.2 Å². The second-order valence-electron chi connectivity index (χ2n) is 5.49. The number of anilines is 1. The van der Waals surface area contributed by atoms with Gasteiger partial charge in [-0.2, -0.15) is 5.10 Å². The molecule has 25 heavy (non-hydrogen) atoms. The lowest BCUT2D eigenvalue weighted by Crippen LogP contribution is -2.20. The van der Waals surface area contributed by atoms with E-state index in [2.05, 4.69) is 20.7 Å². The quantitative estimate of drug-likeness (QED) is 0.735. The molecule has 0 fully saturated rings. The number of nitrogens with zero attached hydrogens (tertiary/aromatic N) is 5. The molecule has 3 aromatic rings. The van der Waals surface area contributed by atoms with Gasteiger partial charge in [-0.1, -0.05) is 5.21 Å². The zero-order valence-corrected chi connectivity index (χ0v) is 13.8. The number of ether oxygens (including phenoxy) is 1. The van der Waals surface area contributed by atoms with Gasteiger partial charge in [-0.05, 0) is 31.2 Å². The third-order valence-corrected chi connectivity index (χ3v) is 3.36. The van der Waals surface area contributed by atoms with Gasteiger partial charge in [0.2, 0.25) is 5.91 Å². The van der Waals surface area contributed by atoms with Crippen LogP contribution in [0.2, 0.25) is 0 Å². The van der Waals surface area contributed by atoms with E-state index >= 15 is 0 Å². The van der Waals surface area contributed by atoms with Crippen molar-refractivity contribution in [3.05, 3.63) is 53.7 Å². The lowest BCUT2D eigenvalue weighted by Gasteiger charge is -2.04. The number of hydrogen-bond donors (Lipinski definition) is 1. The molecule has 0 radical (unpaired) electrons. The maximum absolute atomic E-state index is 12.8. The number of carbonyl (C=O) groups is 1. The van der Waals surface area contributed by atoms with E-state index in [1.54, 1.807) is 24.0 Å². The molecule has 130 valence electrons. The van der Waals surface area contributed by atoms with E-state index < -0.39 is 0 Å². The fraction of sp³-hybridized carbons (Fsp3) is 0.250. The number of hydrogen-bond acceptors (Lipinski definition) is 5. The molecular weight excluding hydrogens is 327 g/mol. The average Bonchev–Trinajstić information content (AvgIpc) is 3.13. The Morgan fingerprint density at radius 2 is 2.08 bits per heavy atom. The van der Waals surface area contributed by atoms with Crippen LogP contribution in [0.15, 0.2) is 36.5 Å². The van der Waals surface area contributed by atoms with Gasteiger partial charge in [0.15, 0.2) is 0 Å². The SMILES string of the molecule is Cc1cc(NC(=O)Cn2cc(COc3ccc(F)cc3)nn2)n(C)n1. The molecule has 0 bridgehead atoms. The van der Waals surface area contributed by atoms with E-state index in [9.17, 15) is 9.18 Å². The van der Waals surface area contributed by atoms with Crippen LogP contribution >= 0.6 is 0 Å². The number of rotatable bonds is 6. The van der Waals surface area contributed by atoms with Gasteiger partial charge in [0.1, 0.15) is 36.2 Å². The maximum Gasteiger partial charge on any atom is 0.247 e. The molecule has 0 aliphatic rings. The molecule has 9 heteroatoms. The molecule has 0 spiro atoms. The zero-order valence-electron chi connectivity index (χ0n) is 13.8. The van der Waals surface area contributed by atoms with Crippen LogP contribution in [-0.2, 0) is 25.0 Å². The fourth-order valence-electron chi connectivity index (χ4n) is 2.23. The number of nitrogens with one attached hydrogen (secondary N) is 1. The summed E-state index contributed by atoms with van der Waals surface area (Å²) >= 11 is 0. The standard InChI is InChI=1S/C16H17FN6O2/c1-11-7-15(22(2)20-11)18-16(24)9-23-8-13(19-21-23)10-25-14-5-3-12(17)4-6-14/h3-8H,9-10H2,1-2H3,(H,18,24). The second-order valence-corrected chi connectivity index (χ2v) is 5.49.